The number of nitrogen functional groups attached to an aromatic ring is 1. The quantitative estimate of drug-likeness (QED) is 0.810. The van der Waals surface area contributed by atoms with Gasteiger partial charge in [-0.3, -0.25) is 0 Å². The van der Waals surface area contributed by atoms with Crippen molar-refractivity contribution in [1.82, 2.24) is 9.97 Å². The van der Waals surface area contributed by atoms with Crippen molar-refractivity contribution in [2.75, 3.05) is 18.2 Å². The molecule has 0 fully saturated rings. The van der Waals surface area contributed by atoms with Crippen LogP contribution < -0.4 is 15.8 Å². The zero-order valence-electron chi connectivity index (χ0n) is 15.8. The van der Waals surface area contributed by atoms with Crippen LogP contribution >= 0.6 is 11.6 Å². The van der Waals surface area contributed by atoms with E-state index in [2.05, 4.69) is 49.9 Å². The molecule has 0 saturated carbocycles. The van der Waals surface area contributed by atoms with Gasteiger partial charge < -0.3 is 15.8 Å². The zero-order valence-corrected chi connectivity index (χ0v) is 16.5. The van der Waals surface area contributed by atoms with Crippen molar-refractivity contribution in [3.05, 3.63) is 40.0 Å². The Bertz CT molecular complexity index is 754. The van der Waals surface area contributed by atoms with Crippen LogP contribution in [0.4, 0.5) is 11.8 Å². The van der Waals surface area contributed by atoms with Gasteiger partial charge >= 0.3 is 0 Å². The first kappa shape index (κ1) is 19.3. The van der Waals surface area contributed by atoms with Crippen molar-refractivity contribution in [3.63, 3.8) is 0 Å². The fourth-order valence-corrected chi connectivity index (χ4v) is 2.88. The summed E-state index contributed by atoms with van der Waals surface area (Å²) in [6, 6.07) is 3.94. The maximum atomic E-state index is 6.31. The normalized spacial score (nSPS) is 11.7. The molecule has 0 amide bonds. The first-order valence-electron chi connectivity index (χ1n) is 8.36. The van der Waals surface area contributed by atoms with Gasteiger partial charge in [0.05, 0.1) is 12.1 Å². The average Bonchev–Trinajstić information content (AvgIpc) is 2.48. The largest absolute Gasteiger partial charge is 0.495 e. The Morgan fingerprint density at radius 2 is 1.92 bits per heavy atom. The van der Waals surface area contributed by atoms with Crippen molar-refractivity contribution in [3.8, 4) is 5.75 Å². The summed E-state index contributed by atoms with van der Waals surface area (Å²) in [5, 5.41) is 3.82. The van der Waals surface area contributed by atoms with Gasteiger partial charge in [-0.05, 0) is 49.9 Å². The molecule has 0 aliphatic rings. The fourth-order valence-electron chi connectivity index (χ4n) is 2.61. The second-order valence-corrected chi connectivity index (χ2v) is 7.90. The molecule has 0 unspecified atom stereocenters. The number of nitrogens with one attached hydrogen (secondary N) is 1. The average molecular weight is 363 g/mol. The van der Waals surface area contributed by atoms with E-state index in [1.54, 1.807) is 13.3 Å². The Labute approximate surface area is 155 Å². The van der Waals surface area contributed by atoms with E-state index < -0.39 is 0 Å². The molecule has 2 rings (SSSR count). The molecule has 6 heteroatoms. The van der Waals surface area contributed by atoms with Gasteiger partial charge in [-0.2, -0.15) is 4.98 Å². The Kier molecular flexibility index (Phi) is 5.78. The van der Waals surface area contributed by atoms with Crippen molar-refractivity contribution in [2.24, 2.45) is 0 Å². The smallest absolute Gasteiger partial charge is 0.225 e. The summed E-state index contributed by atoms with van der Waals surface area (Å²) in [7, 11) is 1.62. The molecule has 1 heterocycles. The van der Waals surface area contributed by atoms with E-state index in [0.29, 0.717) is 34.9 Å². The molecular formula is C19H27ClN4O. The van der Waals surface area contributed by atoms with Gasteiger partial charge in [-0.1, -0.05) is 25.4 Å². The minimum Gasteiger partial charge on any atom is -0.495 e. The molecule has 0 saturated heterocycles. The Morgan fingerprint density at radius 1 is 1.24 bits per heavy atom. The first-order chi connectivity index (χ1) is 11.6. The van der Waals surface area contributed by atoms with Gasteiger partial charge in [0, 0.05) is 23.7 Å². The number of methoxy groups -OCH3 is 1. The van der Waals surface area contributed by atoms with Gasteiger partial charge in [-0.15, -0.1) is 0 Å². The molecule has 0 aliphatic heterocycles. The topological polar surface area (TPSA) is 73.1 Å². The maximum Gasteiger partial charge on any atom is 0.225 e. The van der Waals surface area contributed by atoms with Crippen LogP contribution in [0.2, 0.25) is 5.02 Å². The SMILES string of the molecule is COc1cc(C(C)C)c(Cc2cnc(NC(C)(C)C)nc2N)cc1Cl. The lowest BCUT2D eigenvalue weighted by atomic mass is 9.93. The summed E-state index contributed by atoms with van der Waals surface area (Å²) < 4.78 is 5.34. The minimum atomic E-state index is -0.123. The number of hydrogen-bond donors (Lipinski definition) is 2. The second-order valence-electron chi connectivity index (χ2n) is 7.50. The third kappa shape index (κ3) is 4.98. The summed E-state index contributed by atoms with van der Waals surface area (Å²) >= 11 is 6.31. The number of ether oxygens (including phenoxy) is 1. The van der Waals surface area contributed by atoms with Gasteiger partial charge in [0.15, 0.2) is 0 Å². The van der Waals surface area contributed by atoms with Crippen molar-refractivity contribution >= 4 is 23.4 Å². The van der Waals surface area contributed by atoms with Crippen LogP contribution in [0.3, 0.4) is 0 Å². The van der Waals surface area contributed by atoms with Gasteiger partial charge in [0.2, 0.25) is 5.95 Å². The van der Waals surface area contributed by atoms with Gasteiger partial charge in [0.25, 0.3) is 0 Å². The molecule has 5 nitrogen and oxygen atoms in total. The molecule has 1 aromatic carbocycles. The highest BCUT2D eigenvalue weighted by atomic mass is 35.5. The standard InChI is InChI=1S/C19H27ClN4O/c1-11(2)14-9-16(25-6)15(20)8-12(14)7-13-10-22-18(23-17(13)21)24-19(3,4)5/h8-11H,7H2,1-6H3,(H3,21,22,23,24). The molecule has 25 heavy (non-hydrogen) atoms. The van der Waals surface area contributed by atoms with Crippen LogP contribution in [0.5, 0.6) is 5.75 Å². The van der Waals surface area contributed by atoms with Gasteiger partial charge in [-0.25, -0.2) is 4.98 Å². The fraction of sp³-hybridized carbons (Fsp3) is 0.474. The number of nitrogens with zero attached hydrogens (tertiary/aromatic N) is 2. The summed E-state index contributed by atoms with van der Waals surface area (Å²) in [6.07, 6.45) is 2.40. The zero-order chi connectivity index (χ0) is 18.8. The summed E-state index contributed by atoms with van der Waals surface area (Å²) in [5.41, 5.74) is 9.20. The Morgan fingerprint density at radius 3 is 2.44 bits per heavy atom. The number of halogens is 1. The van der Waals surface area contributed by atoms with Crippen LogP contribution in [-0.2, 0) is 6.42 Å². The van der Waals surface area contributed by atoms with E-state index in [9.17, 15) is 0 Å². The number of benzene rings is 1. The first-order valence-corrected chi connectivity index (χ1v) is 8.74. The molecule has 136 valence electrons. The third-order valence-corrected chi connectivity index (χ3v) is 4.10. The summed E-state index contributed by atoms with van der Waals surface area (Å²) in [6.45, 7) is 10.4. The maximum absolute atomic E-state index is 6.31. The van der Waals surface area contributed by atoms with Crippen LogP contribution in [0.25, 0.3) is 0 Å². The van der Waals surface area contributed by atoms with E-state index in [1.165, 1.54) is 5.56 Å². The second kappa shape index (κ2) is 7.48. The van der Waals surface area contributed by atoms with Crippen molar-refractivity contribution in [2.45, 2.75) is 52.5 Å². The Hall–Kier alpha value is -2.01. The number of nitrogens with two attached hydrogens (primary N) is 1. The van der Waals surface area contributed by atoms with Crippen LogP contribution in [0.15, 0.2) is 18.3 Å². The molecule has 0 spiro atoms. The number of rotatable bonds is 5. The highest BCUT2D eigenvalue weighted by Gasteiger charge is 2.16. The molecule has 2 aromatic rings. The van der Waals surface area contributed by atoms with E-state index in [1.807, 2.05) is 12.1 Å². The van der Waals surface area contributed by atoms with Crippen LogP contribution in [0, 0.1) is 0 Å². The van der Waals surface area contributed by atoms with E-state index in [0.717, 1.165) is 11.1 Å². The van der Waals surface area contributed by atoms with Crippen molar-refractivity contribution in [1.29, 1.82) is 0 Å². The van der Waals surface area contributed by atoms with Crippen LogP contribution in [-0.4, -0.2) is 22.6 Å². The van der Waals surface area contributed by atoms with Crippen molar-refractivity contribution < 1.29 is 4.74 Å². The van der Waals surface area contributed by atoms with E-state index in [-0.39, 0.29) is 5.54 Å². The molecule has 0 radical (unpaired) electrons. The molecular weight excluding hydrogens is 336 g/mol. The lowest BCUT2D eigenvalue weighted by molar-refractivity contribution is 0.414. The predicted octanol–water partition coefficient (Wildman–Crippen LogP) is 4.65. The van der Waals surface area contributed by atoms with Gasteiger partial charge in [0.1, 0.15) is 11.6 Å². The lowest BCUT2D eigenvalue weighted by Gasteiger charge is -2.21. The molecule has 0 aliphatic carbocycles. The molecule has 3 N–H and O–H groups in total. The summed E-state index contributed by atoms with van der Waals surface area (Å²) in [5.74, 6) is 2.03. The number of aromatic nitrogens is 2. The molecule has 0 atom stereocenters. The minimum absolute atomic E-state index is 0.123. The number of hydrogen-bond acceptors (Lipinski definition) is 5. The lowest BCUT2D eigenvalue weighted by Crippen LogP contribution is -2.27. The predicted molar refractivity (Wildman–Crippen MR) is 105 cm³/mol. The monoisotopic (exact) mass is 362 g/mol. The van der Waals surface area contributed by atoms with Crippen LogP contribution in [0.1, 0.15) is 57.2 Å². The highest BCUT2D eigenvalue weighted by Crippen LogP contribution is 2.33. The Balaban J connectivity index is 2.35. The summed E-state index contributed by atoms with van der Waals surface area (Å²) in [4.78, 5) is 8.78. The highest BCUT2D eigenvalue weighted by molar-refractivity contribution is 6.32. The molecule has 1 aromatic heterocycles. The number of anilines is 2. The third-order valence-electron chi connectivity index (χ3n) is 3.80. The van der Waals surface area contributed by atoms with E-state index >= 15 is 0 Å². The van der Waals surface area contributed by atoms with E-state index in [4.69, 9.17) is 22.1 Å². The molecule has 0 bridgehead atoms.